The summed E-state index contributed by atoms with van der Waals surface area (Å²) in [6.45, 7) is 11.1. The minimum absolute atomic E-state index is 0.0571. The number of nitrogens with two attached hydrogens (primary N) is 1. The van der Waals surface area contributed by atoms with Gasteiger partial charge in [-0.1, -0.05) is 83.1 Å². The summed E-state index contributed by atoms with van der Waals surface area (Å²) in [7, 11) is 0. The van der Waals surface area contributed by atoms with Crippen LogP contribution >= 0.6 is 0 Å². The van der Waals surface area contributed by atoms with Gasteiger partial charge in [0.1, 0.15) is 0 Å². The molecule has 0 spiro atoms. The Hall–Kier alpha value is -1.60. The minimum atomic E-state index is 0.0571. The zero-order valence-corrected chi connectivity index (χ0v) is 14.6. The molecule has 1 atom stereocenters. The average Bonchev–Trinajstić information content (AvgIpc) is 2.47. The smallest absolute Gasteiger partial charge is 0.0335 e. The third-order valence-corrected chi connectivity index (χ3v) is 4.31. The van der Waals surface area contributed by atoms with Gasteiger partial charge in [-0.2, -0.15) is 0 Å². The Labute approximate surface area is 135 Å². The van der Waals surface area contributed by atoms with Crippen molar-refractivity contribution in [3.05, 3.63) is 70.8 Å². The highest BCUT2D eigenvalue weighted by atomic mass is 14.6. The van der Waals surface area contributed by atoms with Gasteiger partial charge in [-0.25, -0.2) is 0 Å². The first-order valence-corrected chi connectivity index (χ1v) is 8.22. The molecule has 0 aliphatic carbocycles. The third kappa shape index (κ3) is 4.20. The molecule has 2 rings (SSSR count). The summed E-state index contributed by atoms with van der Waals surface area (Å²) in [4.78, 5) is 0. The maximum absolute atomic E-state index is 6.38. The predicted octanol–water partition coefficient (Wildman–Crippen LogP) is 5.35. The van der Waals surface area contributed by atoms with E-state index in [0.717, 1.165) is 6.42 Å². The van der Waals surface area contributed by atoms with Gasteiger partial charge in [0.05, 0.1) is 0 Å². The van der Waals surface area contributed by atoms with Crippen molar-refractivity contribution in [2.24, 2.45) is 5.73 Å². The molecule has 0 radical (unpaired) electrons. The van der Waals surface area contributed by atoms with Crippen molar-refractivity contribution in [3.63, 3.8) is 0 Å². The zero-order valence-electron chi connectivity index (χ0n) is 14.6. The number of benzene rings is 2. The highest BCUT2D eigenvalue weighted by Crippen LogP contribution is 2.24. The maximum Gasteiger partial charge on any atom is 0.0335 e. The number of hydrogen-bond donors (Lipinski definition) is 1. The minimum Gasteiger partial charge on any atom is -0.324 e. The molecule has 0 amide bonds. The van der Waals surface area contributed by atoms with Crippen LogP contribution in [0.1, 0.15) is 68.8 Å². The Morgan fingerprint density at radius 3 is 1.77 bits per heavy atom. The van der Waals surface area contributed by atoms with E-state index in [-0.39, 0.29) is 11.5 Å². The Kier molecular flexibility index (Phi) is 5.08. The predicted molar refractivity (Wildman–Crippen MR) is 96.3 cm³/mol. The second-order valence-corrected chi connectivity index (χ2v) is 7.58. The van der Waals surface area contributed by atoms with Crippen LogP contribution in [0.15, 0.2) is 48.5 Å². The molecular weight excluding hydrogens is 266 g/mol. The van der Waals surface area contributed by atoms with E-state index >= 15 is 0 Å². The topological polar surface area (TPSA) is 26.0 Å². The second kappa shape index (κ2) is 6.66. The summed E-state index contributed by atoms with van der Waals surface area (Å²) in [5.41, 5.74) is 11.8. The number of hydrogen-bond acceptors (Lipinski definition) is 1. The van der Waals surface area contributed by atoms with Crippen LogP contribution in [0, 0.1) is 0 Å². The van der Waals surface area contributed by atoms with Gasteiger partial charge < -0.3 is 5.73 Å². The van der Waals surface area contributed by atoms with E-state index in [1.807, 2.05) is 0 Å². The van der Waals surface area contributed by atoms with Gasteiger partial charge in [0.2, 0.25) is 0 Å². The highest BCUT2D eigenvalue weighted by molar-refractivity contribution is 5.31. The van der Waals surface area contributed by atoms with Crippen molar-refractivity contribution < 1.29 is 0 Å². The van der Waals surface area contributed by atoms with Gasteiger partial charge in [0.15, 0.2) is 0 Å². The molecule has 0 aromatic heterocycles. The lowest BCUT2D eigenvalue weighted by atomic mass is 9.86. The molecule has 0 bridgehead atoms. The summed E-state index contributed by atoms with van der Waals surface area (Å²) in [6, 6.07) is 17.7. The maximum atomic E-state index is 6.38. The van der Waals surface area contributed by atoms with Crippen LogP contribution in [0.3, 0.4) is 0 Å². The SMILES string of the molecule is CC(C)c1ccc(C(N)Cc2ccc(C(C)(C)C)cc2)cc1. The van der Waals surface area contributed by atoms with Crippen molar-refractivity contribution in [3.8, 4) is 0 Å². The summed E-state index contributed by atoms with van der Waals surface area (Å²) < 4.78 is 0. The molecule has 1 unspecified atom stereocenters. The van der Waals surface area contributed by atoms with Crippen LogP contribution in [0.5, 0.6) is 0 Å². The summed E-state index contributed by atoms with van der Waals surface area (Å²) >= 11 is 0. The molecule has 2 aromatic carbocycles. The Morgan fingerprint density at radius 2 is 1.32 bits per heavy atom. The van der Waals surface area contributed by atoms with Gasteiger partial charge in [0.25, 0.3) is 0 Å². The largest absolute Gasteiger partial charge is 0.324 e. The first kappa shape index (κ1) is 16.8. The van der Waals surface area contributed by atoms with E-state index in [1.54, 1.807) is 0 Å². The molecule has 0 saturated heterocycles. The van der Waals surface area contributed by atoms with Crippen molar-refractivity contribution in [2.45, 2.75) is 58.4 Å². The lowest BCUT2D eigenvalue weighted by molar-refractivity contribution is 0.589. The number of rotatable bonds is 4. The molecule has 0 aliphatic rings. The van der Waals surface area contributed by atoms with Gasteiger partial charge in [-0.15, -0.1) is 0 Å². The average molecular weight is 295 g/mol. The van der Waals surface area contributed by atoms with E-state index in [2.05, 4.69) is 83.1 Å². The molecule has 0 heterocycles. The van der Waals surface area contributed by atoms with Gasteiger partial charge in [0, 0.05) is 6.04 Å². The summed E-state index contributed by atoms with van der Waals surface area (Å²) in [5.74, 6) is 0.565. The quantitative estimate of drug-likeness (QED) is 0.808. The molecule has 1 heteroatoms. The van der Waals surface area contributed by atoms with E-state index in [1.165, 1.54) is 22.3 Å². The molecule has 1 nitrogen and oxygen atoms in total. The molecule has 118 valence electrons. The van der Waals surface area contributed by atoms with Crippen molar-refractivity contribution in [1.29, 1.82) is 0 Å². The summed E-state index contributed by atoms with van der Waals surface area (Å²) in [6.07, 6.45) is 0.880. The van der Waals surface area contributed by atoms with Crippen LogP contribution in [0.25, 0.3) is 0 Å². The Morgan fingerprint density at radius 1 is 0.818 bits per heavy atom. The van der Waals surface area contributed by atoms with E-state index in [0.29, 0.717) is 5.92 Å². The van der Waals surface area contributed by atoms with Gasteiger partial charge >= 0.3 is 0 Å². The van der Waals surface area contributed by atoms with E-state index < -0.39 is 0 Å². The van der Waals surface area contributed by atoms with E-state index in [9.17, 15) is 0 Å². The standard InChI is InChI=1S/C21H29N/c1-15(2)17-8-10-18(11-9-17)20(22)14-16-6-12-19(13-7-16)21(3,4)5/h6-13,15,20H,14,22H2,1-5H3. The molecule has 0 fully saturated rings. The van der Waals surface area contributed by atoms with Crippen LogP contribution in [-0.4, -0.2) is 0 Å². The fourth-order valence-corrected chi connectivity index (χ4v) is 2.64. The fraction of sp³-hybridized carbons (Fsp3) is 0.429. The normalized spacial score (nSPS) is 13.4. The highest BCUT2D eigenvalue weighted by Gasteiger charge is 2.13. The molecule has 0 aliphatic heterocycles. The lowest BCUT2D eigenvalue weighted by Gasteiger charge is -2.20. The van der Waals surface area contributed by atoms with Crippen molar-refractivity contribution >= 4 is 0 Å². The molecule has 22 heavy (non-hydrogen) atoms. The first-order chi connectivity index (χ1) is 10.3. The molecule has 0 saturated carbocycles. The molecular formula is C21H29N. The van der Waals surface area contributed by atoms with Crippen LogP contribution in [0.2, 0.25) is 0 Å². The third-order valence-electron chi connectivity index (χ3n) is 4.31. The second-order valence-electron chi connectivity index (χ2n) is 7.58. The van der Waals surface area contributed by atoms with Gasteiger partial charge in [-0.3, -0.25) is 0 Å². The molecule has 2 N–H and O–H groups in total. The van der Waals surface area contributed by atoms with Crippen LogP contribution in [0.4, 0.5) is 0 Å². The lowest BCUT2D eigenvalue weighted by Crippen LogP contribution is -2.14. The Bertz CT molecular complexity index is 585. The van der Waals surface area contributed by atoms with E-state index in [4.69, 9.17) is 5.73 Å². The van der Waals surface area contributed by atoms with Crippen molar-refractivity contribution in [2.75, 3.05) is 0 Å². The van der Waals surface area contributed by atoms with Gasteiger partial charge in [-0.05, 0) is 40.0 Å². The van der Waals surface area contributed by atoms with Crippen molar-refractivity contribution in [1.82, 2.24) is 0 Å². The van der Waals surface area contributed by atoms with Crippen LogP contribution < -0.4 is 5.73 Å². The molecule has 2 aromatic rings. The fourth-order valence-electron chi connectivity index (χ4n) is 2.64. The van der Waals surface area contributed by atoms with Crippen LogP contribution in [-0.2, 0) is 11.8 Å². The first-order valence-electron chi connectivity index (χ1n) is 8.22. The summed E-state index contributed by atoms with van der Waals surface area (Å²) in [5, 5.41) is 0. The zero-order chi connectivity index (χ0) is 16.3. The Balaban J connectivity index is 2.06. The monoisotopic (exact) mass is 295 g/mol.